The second-order valence-corrected chi connectivity index (χ2v) is 3.76. The van der Waals surface area contributed by atoms with Crippen molar-refractivity contribution >= 4 is 11.3 Å². The summed E-state index contributed by atoms with van der Waals surface area (Å²) in [5.74, 6) is 0. The van der Waals surface area contributed by atoms with Gasteiger partial charge in [0.05, 0.1) is 6.20 Å². The van der Waals surface area contributed by atoms with E-state index in [1.807, 2.05) is 0 Å². The summed E-state index contributed by atoms with van der Waals surface area (Å²) in [6, 6.07) is 0. The van der Waals surface area contributed by atoms with Crippen LogP contribution < -0.4 is 0 Å². The molecule has 0 aromatic carbocycles. The van der Waals surface area contributed by atoms with E-state index in [9.17, 15) is 13.9 Å². The molecule has 0 fully saturated rings. The SMILES string of the molecule is OC(c1cn[nH]c1)c1cscc1C(F)F. The largest absolute Gasteiger partial charge is 0.383 e. The topological polar surface area (TPSA) is 48.9 Å². The lowest BCUT2D eigenvalue weighted by molar-refractivity contribution is 0.144. The Morgan fingerprint density at radius 1 is 1.33 bits per heavy atom. The number of hydrogen-bond donors (Lipinski definition) is 2. The van der Waals surface area contributed by atoms with Gasteiger partial charge in [-0.15, -0.1) is 0 Å². The molecule has 0 saturated carbocycles. The molecule has 1 unspecified atom stereocenters. The van der Waals surface area contributed by atoms with Crippen LogP contribution in [0.25, 0.3) is 0 Å². The van der Waals surface area contributed by atoms with Gasteiger partial charge in [0.2, 0.25) is 0 Å². The van der Waals surface area contributed by atoms with E-state index in [4.69, 9.17) is 0 Å². The predicted molar refractivity (Wildman–Crippen MR) is 51.9 cm³/mol. The fraction of sp³-hybridized carbons (Fsp3) is 0.222. The molecule has 0 spiro atoms. The quantitative estimate of drug-likeness (QED) is 0.851. The van der Waals surface area contributed by atoms with E-state index in [-0.39, 0.29) is 11.1 Å². The molecule has 1 atom stereocenters. The highest BCUT2D eigenvalue weighted by atomic mass is 32.1. The molecule has 6 heteroatoms. The molecule has 0 amide bonds. The predicted octanol–water partition coefficient (Wildman–Crippen LogP) is 2.49. The van der Waals surface area contributed by atoms with Gasteiger partial charge in [0.25, 0.3) is 6.43 Å². The Hall–Kier alpha value is -1.27. The first kappa shape index (κ1) is 10.3. The lowest BCUT2D eigenvalue weighted by atomic mass is 10.0. The average molecular weight is 230 g/mol. The van der Waals surface area contributed by atoms with Gasteiger partial charge in [-0.05, 0) is 10.8 Å². The van der Waals surface area contributed by atoms with Crippen molar-refractivity contribution in [1.82, 2.24) is 10.2 Å². The van der Waals surface area contributed by atoms with Crippen molar-refractivity contribution < 1.29 is 13.9 Å². The number of halogens is 2. The first-order valence-corrected chi connectivity index (χ1v) is 5.15. The van der Waals surface area contributed by atoms with Crippen molar-refractivity contribution in [3.05, 3.63) is 39.8 Å². The number of nitrogens with zero attached hydrogens (tertiary/aromatic N) is 1. The molecule has 0 radical (unpaired) electrons. The van der Waals surface area contributed by atoms with Crippen LogP contribution in [0.15, 0.2) is 23.2 Å². The monoisotopic (exact) mass is 230 g/mol. The number of thiophene rings is 1. The summed E-state index contributed by atoms with van der Waals surface area (Å²) in [4.78, 5) is 0. The number of alkyl halides is 2. The van der Waals surface area contributed by atoms with Gasteiger partial charge in [-0.2, -0.15) is 16.4 Å². The van der Waals surface area contributed by atoms with Crippen LogP contribution in [0.3, 0.4) is 0 Å². The van der Waals surface area contributed by atoms with Crippen molar-refractivity contribution in [1.29, 1.82) is 0 Å². The third kappa shape index (κ3) is 1.91. The summed E-state index contributed by atoms with van der Waals surface area (Å²) in [5.41, 5.74) is 0.611. The molecule has 0 saturated heterocycles. The Bertz CT molecular complexity index is 427. The first-order valence-electron chi connectivity index (χ1n) is 4.21. The Kier molecular flexibility index (Phi) is 2.79. The van der Waals surface area contributed by atoms with Gasteiger partial charge < -0.3 is 5.11 Å². The van der Waals surface area contributed by atoms with Crippen molar-refractivity contribution in [2.24, 2.45) is 0 Å². The summed E-state index contributed by atoms with van der Waals surface area (Å²) in [6.45, 7) is 0. The maximum Gasteiger partial charge on any atom is 0.265 e. The second-order valence-electron chi connectivity index (χ2n) is 3.02. The Morgan fingerprint density at radius 3 is 2.67 bits per heavy atom. The molecule has 2 N–H and O–H groups in total. The van der Waals surface area contributed by atoms with Crippen molar-refractivity contribution in [2.75, 3.05) is 0 Å². The lowest BCUT2D eigenvalue weighted by Gasteiger charge is -2.09. The third-order valence-electron chi connectivity index (χ3n) is 2.09. The molecular weight excluding hydrogens is 222 g/mol. The molecule has 2 rings (SSSR count). The minimum absolute atomic E-state index is 0.117. The summed E-state index contributed by atoms with van der Waals surface area (Å²) < 4.78 is 25.1. The summed E-state index contributed by atoms with van der Waals surface area (Å²) in [6.07, 6.45) is -0.707. The smallest absolute Gasteiger partial charge is 0.265 e. The van der Waals surface area contributed by atoms with Gasteiger partial charge in [-0.1, -0.05) is 0 Å². The molecule has 15 heavy (non-hydrogen) atoms. The summed E-state index contributed by atoms with van der Waals surface area (Å²) >= 11 is 1.15. The molecule has 3 nitrogen and oxygen atoms in total. The zero-order valence-electron chi connectivity index (χ0n) is 7.52. The van der Waals surface area contributed by atoms with Crippen molar-refractivity contribution in [3.8, 4) is 0 Å². The van der Waals surface area contributed by atoms with Crippen LogP contribution >= 0.6 is 11.3 Å². The van der Waals surface area contributed by atoms with Crippen LogP contribution in [0.2, 0.25) is 0 Å². The molecule has 0 bridgehead atoms. The van der Waals surface area contributed by atoms with Crippen LogP contribution in [-0.4, -0.2) is 15.3 Å². The molecule has 2 heterocycles. The van der Waals surface area contributed by atoms with Gasteiger partial charge >= 0.3 is 0 Å². The number of aromatic amines is 1. The maximum atomic E-state index is 12.5. The van der Waals surface area contributed by atoms with Crippen LogP contribution in [0.4, 0.5) is 8.78 Å². The molecule has 2 aromatic rings. The van der Waals surface area contributed by atoms with Crippen LogP contribution in [0, 0.1) is 0 Å². The highest BCUT2D eigenvalue weighted by Gasteiger charge is 2.21. The van der Waals surface area contributed by atoms with Gasteiger partial charge in [-0.3, -0.25) is 5.10 Å². The fourth-order valence-electron chi connectivity index (χ4n) is 1.31. The zero-order valence-corrected chi connectivity index (χ0v) is 8.34. The Balaban J connectivity index is 2.33. The van der Waals surface area contributed by atoms with E-state index in [0.717, 1.165) is 11.3 Å². The molecule has 2 aromatic heterocycles. The van der Waals surface area contributed by atoms with E-state index in [1.54, 1.807) is 0 Å². The number of aliphatic hydroxyl groups excluding tert-OH is 1. The van der Waals surface area contributed by atoms with Crippen molar-refractivity contribution in [3.63, 3.8) is 0 Å². The molecular formula is C9H8F2N2OS. The third-order valence-corrected chi connectivity index (χ3v) is 2.87. The lowest BCUT2D eigenvalue weighted by Crippen LogP contribution is -2.00. The normalized spacial score (nSPS) is 13.3. The van der Waals surface area contributed by atoms with Crippen molar-refractivity contribution in [2.45, 2.75) is 12.5 Å². The molecule has 0 aliphatic heterocycles. The van der Waals surface area contributed by atoms with Crippen LogP contribution in [0.5, 0.6) is 0 Å². The Labute approximate surface area is 88.4 Å². The number of aliphatic hydroxyl groups is 1. The number of nitrogens with one attached hydrogen (secondary N) is 1. The van der Waals surface area contributed by atoms with Gasteiger partial charge in [0.1, 0.15) is 6.10 Å². The minimum atomic E-state index is -2.56. The zero-order chi connectivity index (χ0) is 10.8. The number of hydrogen-bond acceptors (Lipinski definition) is 3. The summed E-state index contributed by atoms with van der Waals surface area (Å²) in [5, 5.41) is 18.9. The second kappa shape index (κ2) is 4.08. The van der Waals surface area contributed by atoms with Crippen LogP contribution in [-0.2, 0) is 0 Å². The Morgan fingerprint density at radius 2 is 2.07 bits per heavy atom. The first-order chi connectivity index (χ1) is 7.20. The molecule has 0 aliphatic carbocycles. The van der Waals surface area contributed by atoms with E-state index >= 15 is 0 Å². The van der Waals surface area contributed by atoms with Crippen LogP contribution in [0.1, 0.15) is 29.2 Å². The minimum Gasteiger partial charge on any atom is -0.383 e. The van der Waals surface area contributed by atoms with Gasteiger partial charge in [-0.25, -0.2) is 8.78 Å². The molecule has 80 valence electrons. The average Bonchev–Trinajstić information content (AvgIpc) is 2.88. The van der Waals surface area contributed by atoms with E-state index in [2.05, 4.69) is 10.2 Å². The highest BCUT2D eigenvalue weighted by Crippen LogP contribution is 2.33. The van der Waals surface area contributed by atoms with Gasteiger partial charge in [0.15, 0.2) is 0 Å². The standard InChI is InChI=1S/C9H8F2N2OS/c10-9(11)7-4-15-3-6(7)8(14)5-1-12-13-2-5/h1-4,8-9,14H,(H,12,13). The van der Waals surface area contributed by atoms with E-state index in [1.165, 1.54) is 23.2 Å². The summed E-state index contributed by atoms with van der Waals surface area (Å²) in [7, 11) is 0. The van der Waals surface area contributed by atoms with Gasteiger partial charge in [0, 0.05) is 22.9 Å². The number of rotatable bonds is 3. The number of H-pyrrole nitrogens is 1. The van der Waals surface area contributed by atoms with E-state index < -0.39 is 12.5 Å². The maximum absolute atomic E-state index is 12.5. The van der Waals surface area contributed by atoms with E-state index in [0.29, 0.717) is 5.56 Å². The number of aromatic nitrogens is 2. The highest BCUT2D eigenvalue weighted by molar-refractivity contribution is 7.08. The fourth-order valence-corrected chi connectivity index (χ4v) is 2.17. The molecule has 0 aliphatic rings.